The summed E-state index contributed by atoms with van der Waals surface area (Å²) in [5, 5.41) is 12.5. The SMILES string of the molecule is CCC(NC)c1nnc(-c2cccc3cccnc23)o1. The summed E-state index contributed by atoms with van der Waals surface area (Å²) in [5.41, 5.74) is 1.75. The zero-order chi connectivity index (χ0) is 13.9. The molecule has 20 heavy (non-hydrogen) atoms. The van der Waals surface area contributed by atoms with Crippen LogP contribution in [0, 0.1) is 0 Å². The number of para-hydroxylation sites is 1. The van der Waals surface area contributed by atoms with Gasteiger partial charge in [0.15, 0.2) is 0 Å². The van der Waals surface area contributed by atoms with Crippen LogP contribution in [0.1, 0.15) is 25.3 Å². The minimum Gasteiger partial charge on any atom is -0.419 e. The number of hydrogen-bond acceptors (Lipinski definition) is 5. The lowest BCUT2D eigenvalue weighted by atomic mass is 10.1. The van der Waals surface area contributed by atoms with Crippen LogP contribution >= 0.6 is 0 Å². The summed E-state index contributed by atoms with van der Waals surface area (Å²) in [4.78, 5) is 4.41. The zero-order valence-electron chi connectivity index (χ0n) is 11.5. The second-order valence-electron chi connectivity index (χ2n) is 4.58. The van der Waals surface area contributed by atoms with Crippen molar-refractivity contribution in [3.8, 4) is 11.5 Å². The quantitative estimate of drug-likeness (QED) is 0.788. The van der Waals surface area contributed by atoms with Crippen LogP contribution in [0.3, 0.4) is 0 Å². The molecule has 2 heterocycles. The maximum atomic E-state index is 5.80. The van der Waals surface area contributed by atoms with Crippen LogP contribution in [0.15, 0.2) is 40.9 Å². The van der Waals surface area contributed by atoms with E-state index in [1.807, 2.05) is 37.4 Å². The van der Waals surface area contributed by atoms with Crippen LogP contribution in [-0.4, -0.2) is 22.2 Å². The molecule has 0 saturated heterocycles. The Kier molecular flexibility index (Phi) is 3.43. The largest absolute Gasteiger partial charge is 0.419 e. The molecule has 102 valence electrons. The third-order valence-corrected chi connectivity index (χ3v) is 3.36. The third-order valence-electron chi connectivity index (χ3n) is 3.36. The molecular weight excluding hydrogens is 252 g/mol. The molecule has 1 aromatic carbocycles. The number of nitrogens with zero attached hydrogens (tertiary/aromatic N) is 3. The average Bonchev–Trinajstić information content (AvgIpc) is 2.97. The summed E-state index contributed by atoms with van der Waals surface area (Å²) in [6.45, 7) is 2.07. The van der Waals surface area contributed by atoms with E-state index < -0.39 is 0 Å². The number of rotatable bonds is 4. The Hall–Kier alpha value is -2.27. The minimum atomic E-state index is 0.0826. The van der Waals surface area contributed by atoms with Crippen LogP contribution in [0.25, 0.3) is 22.4 Å². The van der Waals surface area contributed by atoms with E-state index in [1.54, 1.807) is 6.20 Å². The molecule has 1 unspecified atom stereocenters. The highest BCUT2D eigenvalue weighted by Crippen LogP contribution is 2.27. The summed E-state index contributed by atoms with van der Waals surface area (Å²) >= 11 is 0. The summed E-state index contributed by atoms with van der Waals surface area (Å²) < 4.78 is 5.80. The standard InChI is InChI=1S/C15H16N4O/c1-3-12(16-2)15-19-18-14(20-15)11-8-4-6-10-7-5-9-17-13(10)11/h4-9,12,16H,3H2,1-2H3. The number of nitrogens with one attached hydrogen (secondary N) is 1. The highest BCUT2D eigenvalue weighted by atomic mass is 16.4. The van der Waals surface area contributed by atoms with Gasteiger partial charge in [0.2, 0.25) is 11.8 Å². The smallest absolute Gasteiger partial charge is 0.250 e. The number of hydrogen-bond donors (Lipinski definition) is 1. The summed E-state index contributed by atoms with van der Waals surface area (Å²) in [7, 11) is 1.89. The monoisotopic (exact) mass is 268 g/mol. The van der Waals surface area contributed by atoms with Gasteiger partial charge in [0.25, 0.3) is 0 Å². The molecule has 1 atom stereocenters. The van der Waals surface area contributed by atoms with Crippen molar-refractivity contribution >= 4 is 10.9 Å². The second-order valence-corrected chi connectivity index (χ2v) is 4.58. The van der Waals surface area contributed by atoms with Crippen molar-refractivity contribution in [3.63, 3.8) is 0 Å². The molecule has 0 bridgehead atoms. The molecule has 0 radical (unpaired) electrons. The molecule has 3 rings (SSSR count). The van der Waals surface area contributed by atoms with Gasteiger partial charge in [-0.1, -0.05) is 25.1 Å². The number of fused-ring (bicyclic) bond motifs is 1. The Balaban J connectivity index is 2.08. The van der Waals surface area contributed by atoms with Crippen molar-refractivity contribution in [2.24, 2.45) is 0 Å². The van der Waals surface area contributed by atoms with Crippen molar-refractivity contribution in [1.82, 2.24) is 20.5 Å². The van der Waals surface area contributed by atoms with Gasteiger partial charge in [-0.2, -0.15) is 0 Å². The average molecular weight is 268 g/mol. The fraction of sp³-hybridized carbons (Fsp3) is 0.267. The lowest BCUT2D eigenvalue weighted by molar-refractivity contribution is 0.415. The van der Waals surface area contributed by atoms with Gasteiger partial charge < -0.3 is 9.73 Å². The van der Waals surface area contributed by atoms with E-state index in [1.165, 1.54) is 0 Å². The molecule has 0 aliphatic carbocycles. The van der Waals surface area contributed by atoms with Crippen LogP contribution in [0.2, 0.25) is 0 Å². The number of benzene rings is 1. The second kappa shape index (κ2) is 5.38. The van der Waals surface area contributed by atoms with Crippen LogP contribution in [0.5, 0.6) is 0 Å². The van der Waals surface area contributed by atoms with E-state index in [0.717, 1.165) is 22.9 Å². The maximum absolute atomic E-state index is 5.80. The fourth-order valence-electron chi connectivity index (χ4n) is 2.26. The Bertz CT molecular complexity index is 713. The summed E-state index contributed by atoms with van der Waals surface area (Å²) in [5.74, 6) is 1.12. The van der Waals surface area contributed by atoms with Gasteiger partial charge in [0, 0.05) is 11.6 Å². The predicted octanol–water partition coefficient (Wildman–Crippen LogP) is 2.96. The Morgan fingerprint density at radius 2 is 2.05 bits per heavy atom. The first-order chi connectivity index (χ1) is 9.83. The van der Waals surface area contributed by atoms with E-state index in [0.29, 0.717) is 11.8 Å². The fourth-order valence-corrected chi connectivity index (χ4v) is 2.26. The number of aromatic nitrogens is 3. The van der Waals surface area contributed by atoms with E-state index in [2.05, 4.69) is 27.4 Å². The summed E-state index contributed by atoms with van der Waals surface area (Å²) in [6.07, 6.45) is 2.66. The molecule has 0 spiro atoms. The topological polar surface area (TPSA) is 63.8 Å². The van der Waals surface area contributed by atoms with Gasteiger partial charge in [0.1, 0.15) is 0 Å². The van der Waals surface area contributed by atoms with Gasteiger partial charge in [0.05, 0.1) is 17.1 Å². The molecule has 3 aromatic rings. The van der Waals surface area contributed by atoms with Crippen molar-refractivity contribution < 1.29 is 4.42 Å². The molecule has 5 heteroatoms. The van der Waals surface area contributed by atoms with Gasteiger partial charge in [-0.3, -0.25) is 4.98 Å². The number of pyridine rings is 1. The third kappa shape index (κ3) is 2.16. The van der Waals surface area contributed by atoms with E-state index in [9.17, 15) is 0 Å². The Morgan fingerprint density at radius 3 is 2.85 bits per heavy atom. The highest BCUT2D eigenvalue weighted by Gasteiger charge is 2.17. The predicted molar refractivity (Wildman–Crippen MR) is 77.1 cm³/mol. The van der Waals surface area contributed by atoms with E-state index in [-0.39, 0.29) is 6.04 Å². The highest BCUT2D eigenvalue weighted by molar-refractivity contribution is 5.91. The molecule has 0 aliphatic heterocycles. The molecule has 0 aliphatic rings. The van der Waals surface area contributed by atoms with Gasteiger partial charge >= 0.3 is 0 Å². The normalized spacial score (nSPS) is 12.7. The first kappa shape index (κ1) is 12.7. The first-order valence-electron chi connectivity index (χ1n) is 6.68. The van der Waals surface area contributed by atoms with E-state index in [4.69, 9.17) is 4.42 Å². The van der Waals surface area contributed by atoms with Gasteiger partial charge in [-0.05, 0) is 25.6 Å². The molecule has 0 fully saturated rings. The summed E-state index contributed by atoms with van der Waals surface area (Å²) in [6, 6.07) is 9.96. The van der Waals surface area contributed by atoms with Crippen LogP contribution in [-0.2, 0) is 0 Å². The Morgan fingerprint density at radius 1 is 1.20 bits per heavy atom. The van der Waals surface area contributed by atoms with Crippen LogP contribution < -0.4 is 5.32 Å². The lowest BCUT2D eigenvalue weighted by Crippen LogP contribution is -2.15. The molecular formula is C15H16N4O. The molecule has 1 N–H and O–H groups in total. The van der Waals surface area contributed by atoms with Gasteiger partial charge in [-0.15, -0.1) is 10.2 Å². The molecule has 5 nitrogen and oxygen atoms in total. The first-order valence-corrected chi connectivity index (χ1v) is 6.68. The lowest BCUT2D eigenvalue weighted by Gasteiger charge is -2.07. The van der Waals surface area contributed by atoms with Crippen LogP contribution in [0.4, 0.5) is 0 Å². The van der Waals surface area contributed by atoms with Crippen molar-refractivity contribution in [2.75, 3.05) is 7.05 Å². The van der Waals surface area contributed by atoms with Crippen molar-refractivity contribution in [3.05, 3.63) is 42.4 Å². The van der Waals surface area contributed by atoms with Crippen molar-refractivity contribution in [1.29, 1.82) is 0 Å². The molecule has 2 aromatic heterocycles. The van der Waals surface area contributed by atoms with E-state index >= 15 is 0 Å². The molecule has 0 amide bonds. The Labute approximate surface area is 117 Å². The zero-order valence-corrected chi connectivity index (χ0v) is 11.5. The minimum absolute atomic E-state index is 0.0826. The molecule has 0 saturated carbocycles. The van der Waals surface area contributed by atoms with Crippen molar-refractivity contribution in [2.45, 2.75) is 19.4 Å². The van der Waals surface area contributed by atoms with Gasteiger partial charge in [-0.25, -0.2) is 0 Å². The maximum Gasteiger partial charge on any atom is 0.250 e.